The maximum absolute atomic E-state index is 13.0. The van der Waals surface area contributed by atoms with Crippen LogP contribution in [0.25, 0.3) is 10.9 Å². The van der Waals surface area contributed by atoms with E-state index in [1.807, 2.05) is 0 Å². The topological polar surface area (TPSA) is 136 Å². The predicted octanol–water partition coefficient (Wildman–Crippen LogP) is 4.59. The molecule has 0 saturated heterocycles. The molecule has 10 heteroatoms. The Bertz CT molecular complexity index is 1420. The van der Waals surface area contributed by atoms with Crippen LogP contribution in [0.5, 0.6) is 11.5 Å². The number of methoxy groups -OCH3 is 2. The molecule has 0 saturated carbocycles. The molecule has 0 aliphatic rings. The number of aromatic nitrogens is 1. The average Bonchev–Trinajstić information content (AvgIpc) is 2.85. The van der Waals surface area contributed by atoms with Gasteiger partial charge in [-0.05, 0) is 57.9 Å². The predicted molar refractivity (Wildman–Crippen MR) is 145 cm³/mol. The number of Topliss-reactive ketones (excluding diaryl/α,β-unsaturated/α-hetero) is 1. The number of fused-ring (bicyclic) bond motifs is 1. The van der Waals surface area contributed by atoms with E-state index in [9.17, 15) is 19.2 Å². The van der Waals surface area contributed by atoms with Crippen LogP contribution < -0.4 is 25.7 Å². The molecule has 2 aromatic carbocycles. The fraction of sp³-hybridized carbons (Fsp3) is 0.357. The minimum atomic E-state index is -0.614. The number of carbonyl (C=O) groups excluding carboxylic acids is 3. The number of hydrogen-bond acceptors (Lipinski definition) is 7. The van der Waals surface area contributed by atoms with E-state index in [2.05, 4.69) is 15.6 Å². The number of benzene rings is 2. The maximum atomic E-state index is 13.0. The molecule has 0 aliphatic heterocycles. The van der Waals surface area contributed by atoms with Crippen LogP contribution >= 0.6 is 0 Å². The van der Waals surface area contributed by atoms with Gasteiger partial charge in [0.15, 0.2) is 17.3 Å². The van der Waals surface area contributed by atoms with Crippen molar-refractivity contribution in [2.45, 2.75) is 46.1 Å². The number of H-pyrrole nitrogens is 1. The van der Waals surface area contributed by atoms with E-state index < -0.39 is 23.2 Å². The molecule has 38 heavy (non-hydrogen) atoms. The van der Waals surface area contributed by atoms with Gasteiger partial charge in [-0.1, -0.05) is 12.1 Å². The number of pyridine rings is 1. The van der Waals surface area contributed by atoms with Crippen molar-refractivity contribution in [3.63, 3.8) is 0 Å². The molecule has 1 heterocycles. The average molecular weight is 524 g/mol. The summed E-state index contributed by atoms with van der Waals surface area (Å²) in [7, 11) is 2.99. The Balaban J connectivity index is 1.71. The van der Waals surface area contributed by atoms with Crippen LogP contribution in [0.3, 0.4) is 0 Å². The molecule has 202 valence electrons. The molecular formula is C28H33N3O7. The lowest BCUT2D eigenvalue weighted by Gasteiger charge is -2.19. The highest BCUT2D eigenvalue weighted by atomic mass is 16.6. The van der Waals surface area contributed by atoms with Crippen molar-refractivity contribution in [2.75, 3.05) is 26.1 Å². The Hall–Kier alpha value is -4.34. The maximum Gasteiger partial charge on any atom is 0.407 e. The minimum absolute atomic E-state index is 0.0888. The highest BCUT2D eigenvalue weighted by Gasteiger charge is 2.18. The molecule has 3 aromatic rings. The molecule has 0 atom stereocenters. The van der Waals surface area contributed by atoms with E-state index in [1.54, 1.807) is 58.0 Å². The van der Waals surface area contributed by atoms with Crippen molar-refractivity contribution in [3.8, 4) is 11.5 Å². The zero-order valence-corrected chi connectivity index (χ0v) is 22.4. The summed E-state index contributed by atoms with van der Waals surface area (Å²) in [6.07, 6.45) is 0.0857. The van der Waals surface area contributed by atoms with Gasteiger partial charge >= 0.3 is 6.09 Å². The first kappa shape index (κ1) is 28.2. The molecule has 0 spiro atoms. The highest BCUT2D eigenvalue weighted by molar-refractivity contribution is 6.07. The van der Waals surface area contributed by atoms with Crippen molar-refractivity contribution < 1.29 is 28.6 Å². The van der Waals surface area contributed by atoms with Gasteiger partial charge in [0.1, 0.15) is 11.2 Å². The molecule has 2 amide bonds. The van der Waals surface area contributed by atoms with Crippen LogP contribution in [0.4, 0.5) is 10.5 Å². The Morgan fingerprint density at radius 3 is 2.32 bits per heavy atom. The minimum Gasteiger partial charge on any atom is -0.493 e. The molecule has 0 aliphatic carbocycles. The normalized spacial score (nSPS) is 11.1. The number of aromatic amines is 1. The summed E-state index contributed by atoms with van der Waals surface area (Å²) < 4.78 is 15.8. The lowest BCUT2D eigenvalue weighted by atomic mass is 10.0. The first-order valence-corrected chi connectivity index (χ1v) is 12.1. The largest absolute Gasteiger partial charge is 0.493 e. The van der Waals surface area contributed by atoms with Gasteiger partial charge in [-0.2, -0.15) is 0 Å². The van der Waals surface area contributed by atoms with Crippen LogP contribution in [0.15, 0.2) is 41.2 Å². The van der Waals surface area contributed by atoms with E-state index in [0.29, 0.717) is 40.1 Å². The van der Waals surface area contributed by atoms with Gasteiger partial charge in [-0.15, -0.1) is 0 Å². The van der Waals surface area contributed by atoms with Crippen LogP contribution in [0, 0.1) is 6.92 Å². The summed E-state index contributed by atoms with van der Waals surface area (Å²) in [6.45, 7) is 7.39. The zero-order chi connectivity index (χ0) is 28.0. The third kappa shape index (κ3) is 7.12. The van der Waals surface area contributed by atoms with Crippen LogP contribution in [0.2, 0.25) is 0 Å². The zero-order valence-electron chi connectivity index (χ0n) is 22.4. The summed E-state index contributed by atoms with van der Waals surface area (Å²) in [5.74, 6) is 0.153. The summed E-state index contributed by atoms with van der Waals surface area (Å²) in [6, 6.07) is 9.76. The monoisotopic (exact) mass is 523 g/mol. The first-order chi connectivity index (χ1) is 17.9. The first-order valence-electron chi connectivity index (χ1n) is 12.1. The summed E-state index contributed by atoms with van der Waals surface area (Å²) in [5.41, 5.74) is 0.797. The fourth-order valence-corrected chi connectivity index (χ4v) is 3.72. The van der Waals surface area contributed by atoms with Crippen molar-refractivity contribution in [3.05, 3.63) is 63.4 Å². The molecule has 0 fully saturated rings. The smallest absolute Gasteiger partial charge is 0.407 e. The molecule has 3 N–H and O–H groups in total. The van der Waals surface area contributed by atoms with Crippen LogP contribution in [0.1, 0.15) is 59.9 Å². The fourth-order valence-electron chi connectivity index (χ4n) is 3.72. The molecule has 0 unspecified atom stereocenters. The van der Waals surface area contributed by atoms with E-state index in [0.717, 1.165) is 5.56 Å². The number of ether oxygens (including phenoxy) is 3. The van der Waals surface area contributed by atoms with Crippen molar-refractivity contribution in [2.24, 2.45) is 0 Å². The Kier molecular flexibility index (Phi) is 8.77. The second-order valence-electron chi connectivity index (χ2n) is 9.75. The van der Waals surface area contributed by atoms with Gasteiger partial charge in [-0.3, -0.25) is 14.4 Å². The Morgan fingerprint density at radius 1 is 0.974 bits per heavy atom. The van der Waals surface area contributed by atoms with E-state index in [4.69, 9.17) is 14.2 Å². The number of nitrogens with one attached hydrogen (secondary N) is 3. The molecule has 1 aromatic heterocycles. The third-order valence-corrected chi connectivity index (χ3v) is 5.65. The lowest BCUT2D eigenvalue weighted by Crippen LogP contribution is -2.33. The second kappa shape index (κ2) is 11.8. The van der Waals surface area contributed by atoms with Gasteiger partial charge in [-0.25, -0.2) is 4.79 Å². The summed E-state index contributed by atoms with van der Waals surface area (Å²) in [4.78, 5) is 52.9. The van der Waals surface area contributed by atoms with Gasteiger partial charge in [0, 0.05) is 35.7 Å². The molecule has 0 radical (unpaired) electrons. The molecule has 0 bridgehead atoms. The second-order valence-corrected chi connectivity index (χ2v) is 9.75. The molecule has 10 nitrogen and oxygen atoms in total. The molecular weight excluding hydrogens is 490 g/mol. The summed E-state index contributed by atoms with van der Waals surface area (Å²) in [5, 5.41) is 5.96. The highest BCUT2D eigenvalue weighted by Crippen LogP contribution is 2.31. The van der Waals surface area contributed by atoms with Gasteiger partial charge in [0.25, 0.3) is 11.5 Å². The quantitative estimate of drug-likeness (QED) is 0.276. The van der Waals surface area contributed by atoms with E-state index >= 15 is 0 Å². The number of amides is 2. The Labute approximate surface area is 220 Å². The Morgan fingerprint density at radius 2 is 1.66 bits per heavy atom. The van der Waals surface area contributed by atoms with Crippen molar-refractivity contribution in [1.82, 2.24) is 10.3 Å². The van der Waals surface area contributed by atoms with E-state index in [1.165, 1.54) is 20.3 Å². The standard InChI is InChI=1S/C28H33N3O7/c1-16-9-10-17(22(32)8-7-11-29-27(35)38-28(2,3)4)13-20(16)30-25(33)19-12-18-14-23(36-5)24(37-6)15-21(18)31-26(19)34/h9-10,12-15H,7-8,11H2,1-6H3,(H,29,35)(H,30,33)(H,31,34). The number of anilines is 1. The number of hydrogen-bond donors (Lipinski definition) is 3. The number of ketones is 1. The van der Waals surface area contributed by atoms with Crippen LogP contribution in [-0.2, 0) is 4.74 Å². The van der Waals surface area contributed by atoms with Crippen LogP contribution in [-0.4, -0.2) is 49.1 Å². The lowest BCUT2D eigenvalue weighted by molar-refractivity contribution is 0.0525. The van der Waals surface area contributed by atoms with Crippen molar-refractivity contribution in [1.29, 1.82) is 0 Å². The number of aryl methyl sites for hydroxylation is 1. The number of rotatable bonds is 9. The van der Waals surface area contributed by atoms with Gasteiger partial charge in [0.2, 0.25) is 0 Å². The van der Waals surface area contributed by atoms with Crippen molar-refractivity contribution >= 4 is 34.4 Å². The third-order valence-electron chi connectivity index (χ3n) is 5.65. The number of carbonyl (C=O) groups is 3. The molecule has 3 rings (SSSR count). The van der Waals surface area contributed by atoms with Gasteiger partial charge < -0.3 is 29.8 Å². The summed E-state index contributed by atoms with van der Waals surface area (Å²) >= 11 is 0. The van der Waals surface area contributed by atoms with Gasteiger partial charge in [0.05, 0.1) is 19.7 Å². The number of alkyl carbamates (subject to hydrolysis) is 1. The SMILES string of the molecule is COc1cc2cc(C(=O)Nc3cc(C(=O)CCCNC(=O)OC(C)(C)C)ccc3C)c(=O)[nH]c2cc1OC. The van der Waals surface area contributed by atoms with E-state index in [-0.39, 0.29) is 24.3 Å².